The second-order valence-electron chi connectivity index (χ2n) is 16.0. The number of aromatic nitrogens is 6. The molecular formula is C54H60N6O. The predicted molar refractivity (Wildman–Crippen MR) is 251 cm³/mol. The van der Waals surface area contributed by atoms with Gasteiger partial charge in [0.15, 0.2) is 0 Å². The van der Waals surface area contributed by atoms with Crippen LogP contribution in [0.5, 0.6) is 5.75 Å². The van der Waals surface area contributed by atoms with Gasteiger partial charge >= 0.3 is 0 Å². The highest BCUT2D eigenvalue weighted by Crippen LogP contribution is 2.37. The molecule has 7 aromatic rings. The summed E-state index contributed by atoms with van der Waals surface area (Å²) in [5.41, 5.74) is 10.3. The molecule has 0 N–H and O–H groups in total. The fourth-order valence-corrected chi connectivity index (χ4v) is 7.83. The predicted octanol–water partition coefficient (Wildman–Crippen LogP) is 14.7. The molecule has 0 spiro atoms. The summed E-state index contributed by atoms with van der Waals surface area (Å²) in [6.07, 6.45) is 28.7. The SMILES string of the molecule is CCCCCCCCCCCCCCCCCCOc1cc(-c2cc(-c3ccccn3)nc(-c3ccccn3)c2)cc(-c2cc(-c3ccccn3)nc(-c3ccccn3)c2)c1. The summed E-state index contributed by atoms with van der Waals surface area (Å²) in [4.78, 5) is 28.7. The van der Waals surface area contributed by atoms with E-state index in [1.165, 1.54) is 96.3 Å². The summed E-state index contributed by atoms with van der Waals surface area (Å²) >= 11 is 0. The lowest BCUT2D eigenvalue weighted by Crippen LogP contribution is -1.99. The summed E-state index contributed by atoms with van der Waals surface area (Å²) in [6, 6.07) is 38.6. The Kier molecular flexibility index (Phi) is 16.7. The van der Waals surface area contributed by atoms with E-state index >= 15 is 0 Å². The highest BCUT2D eigenvalue weighted by atomic mass is 16.5. The Hall–Kier alpha value is -6.08. The van der Waals surface area contributed by atoms with Gasteiger partial charge in [0, 0.05) is 24.8 Å². The Labute approximate surface area is 363 Å². The average Bonchev–Trinajstić information content (AvgIpc) is 3.33. The molecule has 61 heavy (non-hydrogen) atoms. The number of nitrogens with zero attached hydrogens (tertiary/aromatic N) is 6. The molecule has 0 radical (unpaired) electrons. The topological polar surface area (TPSA) is 86.6 Å². The van der Waals surface area contributed by atoms with Crippen LogP contribution in [0, 0.1) is 0 Å². The van der Waals surface area contributed by atoms with Crippen LogP contribution in [0.2, 0.25) is 0 Å². The van der Waals surface area contributed by atoms with Crippen molar-refractivity contribution in [1.29, 1.82) is 0 Å². The third kappa shape index (κ3) is 13.2. The van der Waals surface area contributed by atoms with Crippen molar-refractivity contribution in [3.63, 3.8) is 0 Å². The largest absolute Gasteiger partial charge is 0.494 e. The van der Waals surface area contributed by atoms with Gasteiger partial charge in [0.05, 0.1) is 52.2 Å². The Balaban J connectivity index is 1.10. The first-order chi connectivity index (χ1) is 30.2. The van der Waals surface area contributed by atoms with Crippen LogP contribution in [-0.4, -0.2) is 36.5 Å². The van der Waals surface area contributed by atoms with Crippen LogP contribution >= 0.6 is 0 Å². The molecule has 0 aliphatic carbocycles. The Morgan fingerprint density at radius 2 is 0.639 bits per heavy atom. The average molecular weight is 809 g/mol. The van der Waals surface area contributed by atoms with Gasteiger partial charge in [-0.3, -0.25) is 19.9 Å². The molecule has 7 rings (SSSR count). The van der Waals surface area contributed by atoms with Crippen LogP contribution in [0.15, 0.2) is 140 Å². The Morgan fingerprint density at radius 1 is 0.328 bits per heavy atom. The van der Waals surface area contributed by atoms with Gasteiger partial charge in [-0.05, 0) is 120 Å². The van der Waals surface area contributed by atoms with E-state index in [2.05, 4.69) is 69.3 Å². The number of hydrogen-bond acceptors (Lipinski definition) is 7. The summed E-state index contributed by atoms with van der Waals surface area (Å²) < 4.78 is 6.63. The zero-order valence-corrected chi connectivity index (χ0v) is 35.9. The number of ether oxygens (including phenoxy) is 1. The molecule has 0 saturated carbocycles. The molecule has 0 fully saturated rings. The van der Waals surface area contributed by atoms with Gasteiger partial charge in [-0.1, -0.05) is 128 Å². The minimum Gasteiger partial charge on any atom is -0.494 e. The third-order valence-electron chi connectivity index (χ3n) is 11.2. The fourth-order valence-electron chi connectivity index (χ4n) is 7.83. The number of benzene rings is 1. The summed E-state index contributed by atoms with van der Waals surface area (Å²) in [5, 5.41) is 0. The highest BCUT2D eigenvalue weighted by Gasteiger charge is 2.16. The van der Waals surface area contributed by atoms with E-state index in [1.54, 1.807) is 24.8 Å². The number of unbranched alkanes of at least 4 members (excludes halogenated alkanes) is 15. The third-order valence-corrected chi connectivity index (χ3v) is 11.2. The first-order valence-corrected chi connectivity index (χ1v) is 22.7. The van der Waals surface area contributed by atoms with Crippen LogP contribution in [0.25, 0.3) is 67.8 Å². The van der Waals surface area contributed by atoms with Crippen LogP contribution in [-0.2, 0) is 0 Å². The number of rotatable bonds is 24. The smallest absolute Gasteiger partial charge is 0.120 e. The van der Waals surface area contributed by atoms with E-state index in [0.29, 0.717) is 6.61 Å². The Morgan fingerprint density at radius 3 is 0.951 bits per heavy atom. The van der Waals surface area contributed by atoms with Crippen LogP contribution in [0.3, 0.4) is 0 Å². The van der Waals surface area contributed by atoms with E-state index in [9.17, 15) is 0 Å². The molecule has 7 heteroatoms. The lowest BCUT2D eigenvalue weighted by atomic mass is 9.96. The molecule has 6 heterocycles. The molecule has 0 bridgehead atoms. The van der Waals surface area contributed by atoms with Gasteiger partial charge in [-0.2, -0.15) is 0 Å². The van der Waals surface area contributed by atoms with Gasteiger partial charge < -0.3 is 4.74 Å². The monoisotopic (exact) mass is 808 g/mol. The van der Waals surface area contributed by atoms with Crippen LogP contribution in [0.4, 0.5) is 0 Å². The summed E-state index contributed by atoms with van der Waals surface area (Å²) in [5.74, 6) is 0.819. The minimum absolute atomic E-state index is 0.658. The lowest BCUT2D eigenvalue weighted by Gasteiger charge is -2.15. The first kappa shape index (κ1) is 43.0. The van der Waals surface area contributed by atoms with Crippen molar-refractivity contribution in [2.24, 2.45) is 0 Å². The lowest BCUT2D eigenvalue weighted by molar-refractivity contribution is 0.304. The zero-order chi connectivity index (χ0) is 41.7. The molecule has 0 atom stereocenters. The molecule has 0 saturated heterocycles. The van der Waals surface area contributed by atoms with Crippen molar-refractivity contribution < 1.29 is 4.74 Å². The van der Waals surface area contributed by atoms with Crippen molar-refractivity contribution >= 4 is 0 Å². The normalized spacial score (nSPS) is 11.2. The second-order valence-corrected chi connectivity index (χ2v) is 16.0. The molecule has 1 aromatic carbocycles. The maximum atomic E-state index is 6.63. The molecule has 0 aliphatic rings. The van der Waals surface area contributed by atoms with E-state index in [0.717, 1.165) is 80.0 Å². The quantitative estimate of drug-likeness (QED) is 0.0562. The van der Waals surface area contributed by atoms with E-state index in [-0.39, 0.29) is 0 Å². The summed E-state index contributed by atoms with van der Waals surface area (Å²) in [7, 11) is 0. The minimum atomic E-state index is 0.658. The van der Waals surface area contributed by atoms with Gasteiger partial charge in [-0.15, -0.1) is 0 Å². The second kappa shape index (κ2) is 23.6. The standard InChI is InChI=1S/C54H60N6O/c1-2-3-4-5-6-7-8-9-10-11-12-13-14-15-16-25-34-61-46-36-42(44-38-51(47-26-17-21-30-55-47)59-52(39-44)48-27-18-22-31-56-48)35-43(37-46)45-40-53(49-28-19-23-32-57-49)60-54(41-45)50-29-20-24-33-58-50/h17-24,26-33,35-41H,2-16,25,34H2,1H3. The molecule has 0 unspecified atom stereocenters. The van der Waals surface area contributed by atoms with Crippen LogP contribution < -0.4 is 4.74 Å². The van der Waals surface area contributed by atoms with Crippen molar-refractivity contribution in [2.75, 3.05) is 6.61 Å². The van der Waals surface area contributed by atoms with E-state index in [4.69, 9.17) is 14.7 Å². The van der Waals surface area contributed by atoms with Gasteiger partial charge in [0.25, 0.3) is 0 Å². The molecule has 0 aliphatic heterocycles. The van der Waals surface area contributed by atoms with Gasteiger partial charge in [0.2, 0.25) is 0 Å². The molecule has 0 amide bonds. The molecule has 6 aromatic heterocycles. The maximum absolute atomic E-state index is 6.63. The van der Waals surface area contributed by atoms with Gasteiger partial charge in [0.1, 0.15) is 5.75 Å². The first-order valence-electron chi connectivity index (χ1n) is 22.7. The van der Waals surface area contributed by atoms with Crippen molar-refractivity contribution in [3.8, 4) is 73.6 Å². The number of pyridine rings is 6. The van der Waals surface area contributed by atoms with Crippen molar-refractivity contribution in [3.05, 3.63) is 140 Å². The van der Waals surface area contributed by atoms with Crippen molar-refractivity contribution in [1.82, 2.24) is 29.9 Å². The van der Waals surface area contributed by atoms with Crippen molar-refractivity contribution in [2.45, 2.75) is 110 Å². The fraction of sp³-hybridized carbons (Fsp3) is 0.333. The maximum Gasteiger partial charge on any atom is 0.120 e. The molecule has 7 nitrogen and oxygen atoms in total. The highest BCUT2D eigenvalue weighted by molar-refractivity contribution is 5.82. The Bertz CT molecular complexity index is 2080. The zero-order valence-electron chi connectivity index (χ0n) is 35.9. The molecule has 312 valence electrons. The van der Waals surface area contributed by atoms with E-state index < -0.39 is 0 Å². The number of hydrogen-bond donors (Lipinski definition) is 0. The molecular weight excluding hydrogens is 749 g/mol. The summed E-state index contributed by atoms with van der Waals surface area (Å²) in [6.45, 7) is 2.95. The van der Waals surface area contributed by atoms with E-state index in [1.807, 2.05) is 72.8 Å². The van der Waals surface area contributed by atoms with Gasteiger partial charge in [-0.25, -0.2) is 9.97 Å². The van der Waals surface area contributed by atoms with Crippen LogP contribution in [0.1, 0.15) is 110 Å².